The Morgan fingerprint density at radius 2 is 1.63 bits per heavy atom. The third-order valence-corrected chi connectivity index (χ3v) is 7.69. The van der Waals surface area contributed by atoms with E-state index in [4.69, 9.17) is 14.7 Å². The number of hydroxylamine groups is 1. The number of hydrogen-bond donors (Lipinski definition) is 4. The third kappa shape index (κ3) is 9.91. The summed E-state index contributed by atoms with van der Waals surface area (Å²) in [4.78, 5) is 32.2. The van der Waals surface area contributed by atoms with Crippen molar-refractivity contribution in [2.75, 3.05) is 11.1 Å². The Labute approximate surface area is 243 Å². The molecule has 2 amide bonds. The second-order valence-electron chi connectivity index (χ2n) is 9.82. The highest BCUT2D eigenvalue weighted by Crippen LogP contribution is 2.39. The zero-order valence-corrected chi connectivity index (χ0v) is 23.6. The van der Waals surface area contributed by atoms with E-state index in [1.807, 2.05) is 48.5 Å². The van der Waals surface area contributed by atoms with Crippen molar-refractivity contribution < 1.29 is 29.4 Å². The summed E-state index contributed by atoms with van der Waals surface area (Å²) in [6, 6.07) is 17.0. The Morgan fingerprint density at radius 3 is 2.34 bits per heavy atom. The van der Waals surface area contributed by atoms with Gasteiger partial charge in [-0.05, 0) is 42.2 Å². The Bertz CT molecular complexity index is 1250. The molecular weight excluding hydrogens is 544 g/mol. The van der Waals surface area contributed by atoms with E-state index in [0.717, 1.165) is 29.5 Å². The van der Waals surface area contributed by atoms with E-state index in [9.17, 15) is 14.7 Å². The van der Waals surface area contributed by atoms with Crippen molar-refractivity contribution in [3.05, 3.63) is 83.7 Å². The number of benzene rings is 2. The van der Waals surface area contributed by atoms with Crippen LogP contribution in [-0.2, 0) is 25.7 Å². The molecule has 0 spiro atoms. The molecule has 41 heavy (non-hydrogen) atoms. The van der Waals surface area contributed by atoms with Crippen LogP contribution in [0.3, 0.4) is 0 Å². The first-order chi connectivity index (χ1) is 20.0. The number of aromatic nitrogens is 2. The molecule has 11 heteroatoms. The molecule has 1 aliphatic rings. The number of thioether (sulfide) groups is 1. The number of ether oxygens (including phenoxy) is 2. The van der Waals surface area contributed by atoms with Crippen molar-refractivity contribution in [1.82, 2.24) is 15.4 Å². The zero-order chi connectivity index (χ0) is 28.9. The van der Waals surface area contributed by atoms with Crippen molar-refractivity contribution in [1.29, 1.82) is 0 Å². The van der Waals surface area contributed by atoms with Crippen LogP contribution in [0.2, 0.25) is 0 Å². The average molecular weight is 581 g/mol. The molecule has 1 aliphatic heterocycles. The van der Waals surface area contributed by atoms with Gasteiger partial charge in [-0.15, -0.1) is 0 Å². The molecule has 4 N–H and O–H groups in total. The van der Waals surface area contributed by atoms with Crippen LogP contribution in [0.15, 0.2) is 72.1 Å². The van der Waals surface area contributed by atoms with Gasteiger partial charge in [-0.2, -0.15) is 0 Å². The lowest BCUT2D eigenvalue weighted by Crippen LogP contribution is -2.31. The summed E-state index contributed by atoms with van der Waals surface area (Å²) in [5.41, 5.74) is 4.93. The monoisotopic (exact) mass is 580 g/mol. The second-order valence-corrected chi connectivity index (χ2v) is 10.8. The molecule has 3 aromatic rings. The third-order valence-electron chi connectivity index (χ3n) is 6.68. The molecular formula is C30H36N4O6S. The largest absolute Gasteiger partial charge is 0.392 e. The van der Waals surface area contributed by atoms with Crippen molar-refractivity contribution in [3.63, 3.8) is 0 Å². The van der Waals surface area contributed by atoms with Crippen LogP contribution in [0.4, 0.5) is 5.69 Å². The Kier molecular flexibility index (Phi) is 12.1. The summed E-state index contributed by atoms with van der Waals surface area (Å²) in [5, 5.41) is 21.6. The summed E-state index contributed by atoms with van der Waals surface area (Å²) in [5.74, 6) is 0.172. The first kappa shape index (κ1) is 30.6. The van der Waals surface area contributed by atoms with Gasteiger partial charge in [0.2, 0.25) is 11.8 Å². The maximum Gasteiger partial charge on any atom is 0.243 e. The van der Waals surface area contributed by atoms with Crippen molar-refractivity contribution in [3.8, 4) is 0 Å². The number of anilines is 1. The number of carbonyl (C=O) groups excluding carboxylic acids is 2. The molecule has 218 valence electrons. The minimum Gasteiger partial charge on any atom is -0.392 e. The number of rotatable bonds is 14. The lowest BCUT2D eigenvalue weighted by molar-refractivity contribution is -0.245. The molecule has 1 fully saturated rings. The van der Waals surface area contributed by atoms with Crippen LogP contribution in [0.25, 0.3) is 0 Å². The van der Waals surface area contributed by atoms with Crippen LogP contribution in [-0.4, -0.2) is 44.0 Å². The first-order valence-electron chi connectivity index (χ1n) is 13.8. The lowest BCUT2D eigenvalue weighted by Gasteiger charge is -2.36. The van der Waals surface area contributed by atoms with Crippen LogP contribution >= 0.6 is 11.8 Å². The second kappa shape index (κ2) is 16.2. The van der Waals surface area contributed by atoms with Crippen molar-refractivity contribution in [2.45, 2.75) is 75.2 Å². The summed E-state index contributed by atoms with van der Waals surface area (Å²) >= 11 is 1.53. The Hall–Kier alpha value is -3.35. The molecule has 3 unspecified atom stereocenters. The highest BCUT2D eigenvalue weighted by molar-refractivity contribution is 7.99. The zero-order valence-electron chi connectivity index (χ0n) is 22.8. The lowest BCUT2D eigenvalue weighted by atomic mass is 10.0. The molecule has 2 heterocycles. The molecule has 4 rings (SSSR count). The molecule has 0 radical (unpaired) electrons. The smallest absolute Gasteiger partial charge is 0.243 e. The minimum absolute atomic E-state index is 0.0181. The average Bonchev–Trinajstić information content (AvgIpc) is 3.02. The Balaban J connectivity index is 1.37. The van der Waals surface area contributed by atoms with E-state index in [1.54, 1.807) is 23.9 Å². The number of aliphatic hydroxyl groups is 1. The van der Waals surface area contributed by atoms with Crippen molar-refractivity contribution in [2.24, 2.45) is 0 Å². The number of nitrogens with one attached hydrogen (secondary N) is 2. The fraction of sp³-hybridized carbons (Fsp3) is 0.400. The van der Waals surface area contributed by atoms with Gasteiger partial charge in [0.25, 0.3) is 0 Å². The normalized spacial score (nSPS) is 18.5. The van der Waals surface area contributed by atoms with E-state index in [2.05, 4.69) is 15.3 Å². The maximum absolute atomic E-state index is 12.5. The van der Waals surface area contributed by atoms with Crippen LogP contribution in [0, 0.1) is 0 Å². The summed E-state index contributed by atoms with van der Waals surface area (Å²) in [6.45, 7) is -0.0181. The molecule has 0 saturated carbocycles. The Morgan fingerprint density at radius 1 is 0.902 bits per heavy atom. The standard InChI is InChI=1S/C30H36N4O6S/c35-19-21-11-13-22(14-12-21)26-18-25(20-41-30-31-15-6-16-32-30)39-29(40-26)23-7-5-8-24(17-23)33-27(36)9-3-1-2-4-10-28(37)34-38/h5-8,11-17,25-26,29,35,38H,1-4,9-10,18-20H2,(H,33,36)(H,34,37). The number of aliphatic hydroxyl groups excluding tert-OH is 1. The van der Waals surface area contributed by atoms with E-state index in [1.165, 1.54) is 11.8 Å². The molecule has 1 aromatic heterocycles. The number of amides is 2. The maximum atomic E-state index is 12.5. The molecule has 0 bridgehead atoms. The number of carbonyl (C=O) groups is 2. The van der Waals surface area contributed by atoms with Gasteiger partial charge < -0.3 is 19.9 Å². The number of nitrogens with zero attached hydrogens (tertiary/aromatic N) is 2. The SMILES string of the molecule is O=C(CCCCCCC(=O)Nc1cccc(C2OC(CSc3ncccn3)CC(c3ccc(CO)cc3)O2)c1)NO. The van der Waals surface area contributed by atoms with Crippen LogP contribution in [0.5, 0.6) is 0 Å². The van der Waals surface area contributed by atoms with Gasteiger partial charge in [-0.1, -0.05) is 61.0 Å². The summed E-state index contributed by atoms with van der Waals surface area (Å²) < 4.78 is 12.8. The molecule has 10 nitrogen and oxygen atoms in total. The predicted molar refractivity (Wildman–Crippen MR) is 154 cm³/mol. The van der Waals surface area contributed by atoms with Gasteiger partial charge >= 0.3 is 0 Å². The highest BCUT2D eigenvalue weighted by Gasteiger charge is 2.32. The van der Waals surface area contributed by atoms with Gasteiger partial charge in [0.05, 0.1) is 18.8 Å². The van der Waals surface area contributed by atoms with Gasteiger partial charge in [-0.25, -0.2) is 15.4 Å². The van der Waals surface area contributed by atoms with Crippen LogP contribution in [0.1, 0.15) is 74.0 Å². The van der Waals surface area contributed by atoms with Gasteiger partial charge in [0.15, 0.2) is 11.4 Å². The van der Waals surface area contributed by atoms with E-state index in [0.29, 0.717) is 42.3 Å². The van der Waals surface area contributed by atoms with Gasteiger partial charge in [0, 0.05) is 48.7 Å². The molecule has 1 saturated heterocycles. The van der Waals surface area contributed by atoms with E-state index >= 15 is 0 Å². The topological polar surface area (TPSA) is 143 Å². The van der Waals surface area contributed by atoms with E-state index < -0.39 is 12.2 Å². The highest BCUT2D eigenvalue weighted by atomic mass is 32.2. The molecule has 0 aliphatic carbocycles. The first-order valence-corrected chi connectivity index (χ1v) is 14.8. The van der Waals surface area contributed by atoms with Gasteiger partial charge in [0.1, 0.15) is 0 Å². The molecule has 2 aromatic carbocycles. The predicted octanol–water partition coefficient (Wildman–Crippen LogP) is 5.09. The fourth-order valence-electron chi connectivity index (χ4n) is 4.52. The fourth-order valence-corrected chi connectivity index (χ4v) is 5.34. The minimum atomic E-state index is -0.637. The van der Waals surface area contributed by atoms with Gasteiger partial charge in [-0.3, -0.25) is 14.8 Å². The summed E-state index contributed by atoms with van der Waals surface area (Å²) in [7, 11) is 0. The van der Waals surface area contributed by atoms with E-state index in [-0.39, 0.29) is 31.1 Å². The quantitative estimate of drug-likeness (QED) is 0.0674. The van der Waals surface area contributed by atoms with Crippen molar-refractivity contribution >= 4 is 29.3 Å². The summed E-state index contributed by atoms with van der Waals surface area (Å²) in [6.07, 6.45) is 6.75. The number of unbranched alkanes of at least 4 members (excludes halogenated alkanes) is 3. The van der Waals surface area contributed by atoms with Crippen LogP contribution < -0.4 is 10.8 Å². The molecule has 3 atom stereocenters. The number of hydrogen-bond acceptors (Lipinski definition) is 9.